The molecule has 0 radical (unpaired) electrons. The SMILES string of the molecule is CC/C=C\C/C=C\C/C=C\C/C=C\C/C=C\C/C=C\CCCCCCCCC(=O)OCC(COC(=O)CCCCCCC/C=C\CCCC)OC(=O)CCCCCCCCCCCCCC. The van der Waals surface area contributed by atoms with Gasteiger partial charge in [-0.2, -0.15) is 0 Å². The van der Waals surface area contributed by atoms with E-state index < -0.39 is 6.10 Å². The van der Waals surface area contributed by atoms with Crippen LogP contribution in [-0.4, -0.2) is 37.2 Å². The summed E-state index contributed by atoms with van der Waals surface area (Å²) in [5.74, 6) is -0.905. The lowest BCUT2D eigenvalue weighted by molar-refractivity contribution is -0.167. The van der Waals surface area contributed by atoms with Crippen molar-refractivity contribution in [3.05, 3.63) is 85.1 Å². The van der Waals surface area contributed by atoms with Gasteiger partial charge in [-0.25, -0.2) is 0 Å². The van der Waals surface area contributed by atoms with Crippen molar-refractivity contribution in [1.82, 2.24) is 0 Å². The number of carbonyl (C=O) groups is 3. The molecule has 0 N–H and O–H groups in total. The molecule has 0 saturated heterocycles. The molecular weight excluding hydrogens is 817 g/mol. The predicted molar refractivity (Wildman–Crippen MR) is 284 cm³/mol. The minimum absolute atomic E-state index is 0.0841. The maximum absolute atomic E-state index is 12.8. The van der Waals surface area contributed by atoms with Crippen LogP contribution in [0.2, 0.25) is 0 Å². The average Bonchev–Trinajstić information content (AvgIpc) is 3.31. The summed E-state index contributed by atoms with van der Waals surface area (Å²) < 4.78 is 16.8. The van der Waals surface area contributed by atoms with Gasteiger partial charge in [-0.05, 0) is 89.9 Å². The molecule has 0 amide bonds. The van der Waals surface area contributed by atoms with E-state index in [0.717, 1.165) is 116 Å². The van der Waals surface area contributed by atoms with Crippen molar-refractivity contribution in [1.29, 1.82) is 0 Å². The van der Waals surface area contributed by atoms with E-state index in [1.165, 1.54) is 103 Å². The molecule has 66 heavy (non-hydrogen) atoms. The maximum Gasteiger partial charge on any atom is 0.306 e. The first-order valence-electron chi connectivity index (χ1n) is 27.6. The lowest BCUT2D eigenvalue weighted by Crippen LogP contribution is -2.30. The standard InChI is InChI=1S/C60H102O6/c1-4-7-10-13-16-19-22-24-25-26-27-28-29-30-31-32-33-34-35-36-39-41-44-47-50-53-59(62)65-56-57(55-64-58(61)52-49-46-43-40-37-21-18-15-12-9-6-3)66-60(63)54-51-48-45-42-38-23-20-17-14-11-8-5-2/h7,10,15-16,18-19,24-25,27-28,30-31,33-34,57H,4-6,8-9,11-14,17,20-23,26,29,32,35-56H2,1-3H3/b10-7-,18-15-,19-16-,25-24-,28-27-,31-30-,34-33-. The van der Waals surface area contributed by atoms with E-state index in [1.54, 1.807) is 0 Å². The number of hydrogen-bond acceptors (Lipinski definition) is 6. The Kier molecular flexibility index (Phi) is 51.4. The van der Waals surface area contributed by atoms with Crippen molar-refractivity contribution in [2.75, 3.05) is 13.2 Å². The molecule has 0 aromatic carbocycles. The van der Waals surface area contributed by atoms with E-state index >= 15 is 0 Å². The molecule has 0 bridgehead atoms. The van der Waals surface area contributed by atoms with Crippen molar-refractivity contribution >= 4 is 17.9 Å². The quantitative estimate of drug-likeness (QED) is 0.0262. The summed E-state index contributed by atoms with van der Waals surface area (Å²) in [5, 5.41) is 0. The number of rotatable bonds is 49. The van der Waals surface area contributed by atoms with Gasteiger partial charge in [-0.1, -0.05) is 234 Å². The van der Waals surface area contributed by atoms with E-state index in [-0.39, 0.29) is 31.1 Å². The first-order valence-corrected chi connectivity index (χ1v) is 27.6. The van der Waals surface area contributed by atoms with Crippen LogP contribution < -0.4 is 0 Å². The second-order valence-electron chi connectivity index (χ2n) is 18.1. The van der Waals surface area contributed by atoms with Gasteiger partial charge in [-0.15, -0.1) is 0 Å². The zero-order chi connectivity index (χ0) is 47.9. The third-order valence-corrected chi connectivity index (χ3v) is 11.6. The van der Waals surface area contributed by atoms with Gasteiger partial charge in [0.05, 0.1) is 0 Å². The Morgan fingerprint density at radius 3 is 0.985 bits per heavy atom. The van der Waals surface area contributed by atoms with Crippen LogP contribution in [0.3, 0.4) is 0 Å². The van der Waals surface area contributed by atoms with Gasteiger partial charge in [0, 0.05) is 19.3 Å². The molecule has 1 atom stereocenters. The number of allylic oxidation sites excluding steroid dienone is 14. The Balaban J connectivity index is 4.30. The number of hydrogen-bond donors (Lipinski definition) is 0. The molecule has 1 unspecified atom stereocenters. The Hall–Kier alpha value is -3.41. The predicted octanol–water partition coefficient (Wildman–Crippen LogP) is 18.4. The topological polar surface area (TPSA) is 78.9 Å². The first kappa shape index (κ1) is 62.6. The maximum atomic E-state index is 12.8. The van der Waals surface area contributed by atoms with Crippen LogP contribution >= 0.6 is 0 Å². The van der Waals surface area contributed by atoms with Crippen LogP contribution in [0.15, 0.2) is 85.1 Å². The fraction of sp³-hybridized carbons (Fsp3) is 0.717. The van der Waals surface area contributed by atoms with E-state index in [4.69, 9.17) is 14.2 Å². The molecule has 0 aliphatic carbocycles. The van der Waals surface area contributed by atoms with Crippen molar-refractivity contribution in [2.45, 2.75) is 264 Å². The van der Waals surface area contributed by atoms with Crippen LogP contribution in [0, 0.1) is 0 Å². The van der Waals surface area contributed by atoms with E-state index in [1.807, 2.05) is 0 Å². The summed E-state index contributed by atoms with van der Waals surface area (Å²) in [5.41, 5.74) is 0. The zero-order valence-electron chi connectivity index (χ0n) is 43.2. The molecule has 0 rings (SSSR count). The second-order valence-corrected chi connectivity index (χ2v) is 18.1. The smallest absolute Gasteiger partial charge is 0.306 e. The first-order chi connectivity index (χ1) is 32.5. The third-order valence-electron chi connectivity index (χ3n) is 11.6. The lowest BCUT2D eigenvalue weighted by Gasteiger charge is -2.18. The highest BCUT2D eigenvalue weighted by Crippen LogP contribution is 2.15. The Morgan fingerprint density at radius 2 is 0.606 bits per heavy atom. The zero-order valence-corrected chi connectivity index (χ0v) is 43.2. The van der Waals surface area contributed by atoms with Gasteiger partial charge in [0.2, 0.25) is 0 Å². The van der Waals surface area contributed by atoms with Gasteiger partial charge < -0.3 is 14.2 Å². The highest BCUT2D eigenvalue weighted by atomic mass is 16.6. The average molecular weight is 919 g/mol. The summed E-state index contributed by atoms with van der Waals surface area (Å²) >= 11 is 0. The van der Waals surface area contributed by atoms with Crippen molar-refractivity contribution in [2.24, 2.45) is 0 Å². The molecule has 0 aliphatic rings. The fourth-order valence-electron chi connectivity index (χ4n) is 7.49. The Morgan fingerprint density at radius 1 is 0.318 bits per heavy atom. The third kappa shape index (κ3) is 51.6. The van der Waals surface area contributed by atoms with Crippen molar-refractivity contribution < 1.29 is 28.6 Å². The number of esters is 3. The normalized spacial score (nSPS) is 12.7. The molecule has 0 aromatic heterocycles. The highest BCUT2D eigenvalue weighted by molar-refractivity contribution is 5.71. The van der Waals surface area contributed by atoms with E-state index in [2.05, 4.69) is 106 Å². The fourth-order valence-corrected chi connectivity index (χ4v) is 7.49. The largest absolute Gasteiger partial charge is 0.462 e. The molecule has 6 nitrogen and oxygen atoms in total. The summed E-state index contributed by atoms with van der Waals surface area (Å²) in [6, 6.07) is 0. The monoisotopic (exact) mass is 919 g/mol. The minimum Gasteiger partial charge on any atom is -0.462 e. The van der Waals surface area contributed by atoms with Gasteiger partial charge in [0.25, 0.3) is 0 Å². The summed E-state index contributed by atoms with van der Waals surface area (Å²) in [7, 11) is 0. The number of carbonyl (C=O) groups excluding carboxylic acids is 3. The van der Waals surface area contributed by atoms with Crippen LogP contribution in [0.25, 0.3) is 0 Å². The minimum atomic E-state index is -0.783. The molecule has 0 saturated carbocycles. The summed E-state index contributed by atoms with van der Waals surface area (Å²) in [4.78, 5) is 38.0. The molecule has 0 spiro atoms. The van der Waals surface area contributed by atoms with E-state index in [0.29, 0.717) is 19.3 Å². The van der Waals surface area contributed by atoms with Gasteiger partial charge in [0.1, 0.15) is 13.2 Å². The van der Waals surface area contributed by atoms with E-state index in [9.17, 15) is 14.4 Å². The summed E-state index contributed by atoms with van der Waals surface area (Å²) in [6.07, 6.45) is 70.0. The van der Waals surface area contributed by atoms with Crippen molar-refractivity contribution in [3.63, 3.8) is 0 Å². The molecule has 0 aliphatic heterocycles. The van der Waals surface area contributed by atoms with Crippen LogP contribution in [0.4, 0.5) is 0 Å². The Labute approximate surface area is 407 Å². The molecule has 0 heterocycles. The number of unbranched alkanes of at least 4 members (excludes halogenated alkanes) is 24. The highest BCUT2D eigenvalue weighted by Gasteiger charge is 2.19. The van der Waals surface area contributed by atoms with Crippen LogP contribution in [-0.2, 0) is 28.6 Å². The summed E-state index contributed by atoms with van der Waals surface area (Å²) in [6.45, 7) is 6.47. The van der Waals surface area contributed by atoms with Crippen LogP contribution in [0.5, 0.6) is 0 Å². The molecule has 6 heteroatoms. The molecule has 378 valence electrons. The van der Waals surface area contributed by atoms with Gasteiger partial charge in [-0.3, -0.25) is 14.4 Å². The van der Waals surface area contributed by atoms with Crippen LogP contribution in [0.1, 0.15) is 258 Å². The Bertz CT molecular complexity index is 1290. The molecular formula is C60H102O6. The molecule has 0 fully saturated rings. The number of ether oxygens (including phenoxy) is 3. The second kappa shape index (κ2) is 54.2. The molecule has 0 aromatic rings. The van der Waals surface area contributed by atoms with Gasteiger partial charge >= 0.3 is 17.9 Å². The van der Waals surface area contributed by atoms with Crippen molar-refractivity contribution in [3.8, 4) is 0 Å². The lowest BCUT2D eigenvalue weighted by atomic mass is 10.0. The van der Waals surface area contributed by atoms with Gasteiger partial charge in [0.15, 0.2) is 6.10 Å².